The van der Waals surface area contributed by atoms with Crippen LogP contribution in [0.1, 0.15) is 30.2 Å². The number of rotatable bonds is 5. The standard InChI is InChI=1S/C21H22FN3O4S/c1-14-13-16(7-8-18(14)22)30(26,27)25-11-9-15(10-12-25)20-23-24-21(29-20)17-5-3-4-6-19(17)28-2/h3-8,13,15H,9-12H2,1-2H3. The van der Waals surface area contributed by atoms with Crippen molar-refractivity contribution in [3.05, 3.63) is 59.7 Å². The molecule has 0 amide bonds. The van der Waals surface area contributed by atoms with Gasteiger partial charge >= 0.3 is 0 Å². The Balaban J connectivity index is 1.47. The van der Waals surface area contributed by atoms with Crippen LogP contribution in [0.2, 0.25) is 0 Å². The number of sulfonamides is 1. The van der Waals surface area contributed by atoms with Gasteiger partial charge in [0.2, 0.25) is 15.9 Å². The lowest BCUT2D eigenvalue weighted by molar-refractivity contribution is 0.291. The van der Waals surface area contributed by atoms with Gasteiger partial charge in [0.05, 0.1) is 17.6 Å². The number of aromatic nitrogens is 2. The molecule has 0 radical (unpaired) electrons. The van der Waals surface area contributed by atoms with Crippen LogP contribution < -0.4 is 4.74 Å². The van der Waals surface area contributed by atoms with Crippen molar-refractivity contribution in [2.45, 2.75) is 30.6 Å². The summed E-state index contributed by atoms with van der Waals surface area (Å²) < 4.78 is 51.9. The van der Waals surface area contributed by atoms with Crippen LogP contribution >= 0.6 is 0 Å². The normalized spacial score (nSPS) is 16.0. The molecule has 0 spiro atoms. The maximum absolute atomic E-state index is 13.5. The number of hydrogen-bond donors (Lipinski definition) is 0. The summed E-state index contributed by atoms with van der Waals surface area (Å²) in [4.78, 5) is 0.107. The van der Waals surface area contributed by atoms with Crippen molar-refractivity contribution in [2.75, 3.05) is 20.2 Å². The molecule has 1 aliphatic heterocycles. The molecule has 0 bridgehead atoms. The third kappa shape index (κ3) is 3.82. The second-order valence-corrected chi connectivity index (χ2v) is 9.17. The summed E-state index contributed by atoms with van der Waals surface area (Å²) in [7, 11) is -2.09. The van der Waals surface area contributed by atoms with E-state index in [2.05, 4.69) is 10.2 Å². The molecule has 1 aliphatic rings. The second-order valence-electron chi connectivity index (χ2n) is 7.24. The summed E-state index contributed by atoms with van der Waals surface area (Å²) in [6, 6.07) is 11.2. The Labute approximate surface area is 174 Å². The maximum Gasteiger partial charge on any atom is 0.251 e. The molecular weight excluding hydrogens is 409 g/mol. The largest absolute Gasteiger partial charge is 0.496 e. The van der Waals surface area contributed by atoms with Crippen LogP contribution in [-0.4, -0.2) is 43.1 Å². The van der Waals surface area contributed by atoms with E-state index in [0.717, 1.165) is 0 Å². The van der Waals surface area contributed by atoms with Gasteiger partial charge in [-0.25, -0.2) is 12.8 Å². The number of halogens is 1. The summed E-state index contributed by atoms with van der Waals surface area (Å²) in [6.07, 6.45) is 1.12. The molecule has 0 saturated carbocycles. The highest BCUT2D eigenvalue weighted by Crippen LogP contribution is 2.34. The van der Waals surface area contributed by atoms with Crippen molar-refractivity contribution in [1.29, 1.82) is 0 Å². The number of methoxy groups -OCH3 is 1. The SMILES string of the molecule is COc1ccccc1-c1nnc(C2CCN(S(=O)(=O)c3ccc(F)c(C)c3)CC2)o1. The lowest BCUT2D eigenvalue weighted by Gasteiger charge is -2.29. The third-order valence-electron chi connectivity index (χ3n) is 5.35. The molecule has 30 heavy (non-hydrogen) atoms. The number of benzene rings is 2. The zero-order valence-electron chi connectivity index (χ0n) is 16.7. The quantitative estimate of drug-likeness (QED) is 0.611. The molecule has 4 rings (SSSR count). The molecule has 1 saturated heterocycles. The molecular formula is C21H22FN3O4S. The summed E-state index contributed by atoms with van der Waals surface area (Å²) in [6.45, 7) is 2.21. The lowest BCUT2D eigenvalue weighted by atomic mass is 9.98. The summed E-state index contributed by atoms with van der Waals surface area (Å²) in [5.41, 5.74) is 1.02. The number of para-hydroxylation sites is 1. The molecule has 3 aromatic rings. The summed E-state index contributed by atoms with van der Waals surface area (Å²) >= 11 is 0. The summed E-state index contributed by atoms with van der Waals surface area (Å²) in [5.74, 6) is 1.06. The molecule has 1 fully saturated rings. The Hall–Kier alpha value is -2.78. The van der Waals surface area contributed by atoms with Gasteiger partial charge in [0.15, 0.2) is 0 Å². The molecule has 7 nitrogen and oxygen atoms in total. The van der Waals surface area contributed by atoms with Crippen molar-refractivity contribution in [2.24, 2.45) is 0 Å². The number of nitrogens with zero attached hydrogens (tertiary/aromatic N) is 3. The van der Waals surface area contributed by atoms with Crippen molar-refractivity contribution in [3.8, 4) is 17.2 Å². The summed E-state index contributed by atoms with van der Waals surface area (Å²) in [5, 5.41) is 8.32. The highest BCUT2D eigenvalue weighted by Gasteiger charge is 2.32. The molecule has 0 N–H and O–H groups in total. The molecule has 1 aromatic heterocycles. The van der Waals surface area contributed by atoms with Gasteiger partial charge in [-0.05, 0) is 55.7 Å². The predicted octanol–water partition coefficient (Wildman–Crippen LogP) is 3.76. The van der Waals surface area contributed by atoms with Crippen LogP contribution in [0.3, 0.4) is 0 Å². The highest BCUT2D eigenvalue weighted by molar-refractivity contribution is 7.89. The van der Waals surface area contributed by atoms with Crippen molar-refractivity contribution < 1.29 is 22.0 Å². The lowest BCUT2D eigenvalue weighted by Crippen LogP contribution is -2.38. The second kappa shape index (κ2) is 8.16. The van der Waals surface area contributed by atoms with E-state index in [1.54, 1.807) is 14.0 Å². The van der Waals surface area contributed by atoms with E-state index in [-0.39, 0.29) is 10.8 Å². The van der Waals surface area contributed by atoms with Crippen LogP contribution in [0.5, 0.6) is 5.75 Å². The molecule has 2 aromatic carbocycles. The van der Waals surface area contributed by atoms with Gasteiger partial charge in [0.25, 0.3) is 5.89 Å². The zero-order chi connectivity index (χ0) is 21.3. The maximum atomic E-state index is 13.5. The van der Waals surface area contributed by atoms with E-state index in [1.165, 1.54) is 22.5 Å². The fourth-order valence-corrected chi connectivity index (χ4v) is 5.15. The Bertz CT molecular complexity index is 1150. The monoisotopic (exact) mass is 431 g/mol. The Morgan fingerprint density at radius 1 is 1.13 bits per heavy atom. The van der Waals surface area contributed by atoms with Crippen molar-refractivity contribution in [3.63, 3.8) is 0 Å². The number of aryl methyl sites for hydroxylation is 1. The van der Waals surface area contributed by atoms with Gasteiger partial charge in [-0.3, -0.25) is 0 Å². The zero-order valence-corrected chi connectivity index (χ0v) is 17.5. The van der Waals surface area contributed by atoms with Gasteiger partial charge in [-0.15, -0.1) is 10.2 Å². The van der Waals surface area contributed by atoms with Gasteiger partial charge < -0.3 is 9.15 Å². The smallest absolute Gasteiger partial charge is 0.251 e. The van der Waals surface area contributed by atoms with E-state index in [4.69, 9.17) is 9.15 Å². The van der Waals surface area contributed by atoms with Crippen LogP contribution in [0, 0.1) is 12.7 Å². The Morgan fingerprint density at radius 3 is 2.57 bits per heavy atom. The van der Waals surface area contributed by atoms with Crippen LogP contribution in [0.25, 0.3) is 11.5 Å². The minimum atomic E-state index is -3.67. The topological polar surface area (TPSA) is 85.5 Å². The highest BCUT2D eigenvalue weighted by atomic mass is 32.2. The fraction of sp³-hybridized carbons (Fsp3) is 0.333. The molecule has 0 aliphatic carbocycles. The number of hydrogen-bond acceptors (Lipinski definition) is 6. The van der Waals surface area contributed by atoms with E-state index < -0.39 is 15.8 Å². The number of ether oxygens (including phenoxy) is 1. The first kappa shape index (κ1) is 20.5. The Kier molecular flexibility index (Phi) is 5.57. The van der Waals surface area contributed by atoms with E-state index in [9.17, 15) is 12.8 Å². The van der Waals surface area contributed by atoms with Gasteiger partial charge in [-0.1, -0.05) is 12.1 Å². The fourth-order valence-electron chi connectivity index (χ4n) is 3.60. The molecule has 0 atom stereocenters. The Morgan fingerprint density at radius 2 is 1.87 bits per heavy atom. The van der Waals surface area contributed by atoms with Gasteiger partial charge in [-0.2, -0.15) is 4.31 Å². The third-order valence-corrected chi connectivity index (χ3v) is 7.24. The number of piperidine rings is 1. The van der Waals surface area contributed by atoms with E-state index >= 15 is 0 Å². The molecule has 9 heteroatoms. The first-order valence-corrected chi connectivity index (χ1v) is 11.1. The minimum Gasteiger partial charge on any atom is -0.496 e. The average molecular weight is 431 g/mol. The van der Waals surface area contributed by atoms with E-state index in [1.807, 2.05) is 24.3 Å². The van der Waals surface area contributed by atoms with Gasteiger partial charge in [0, 0.05) is 19.0 Å². The van der Waals surface area contributed by atoms with Crippen LogP contribution in [-0.2, 0) is 10.0 Å². The average Bonchev–Trinajstić information content (AvgIpc) is 3.25. The molecule has 158 valence electrons. The van der Waals surface area contributed by atoms with Crippen molar-refractivity contribution in [1.82, 2.24) is 14.5 Å². The minimum absolute atomic E-state index is 0.0256. The molecule has 0 unspecified atom stereocenters. The molecule has 2 heterocycles. The van der Waals surface area contributed by atoms with Gasteiger partial charge in [0.1, 0.15) is 11.6 Å². The predicted molar refractivity (Wildman–Crippen MR) is 108 cm³/mol. The van der Waals surface area contributed by atoms with E-state index in [0.29, 0.717) is 54.6 Å². The van der Waals surface area contributed by atoms with Crippen molar-refractivity contribution >= 4 is 10.0 Å². The first-order chi connectivity index (χ1) is 14.4. The van der Waals surface area contributed by atoms with Crippen LogP contribution in [0.15, 0.2) is 51.8 Å². The first-order valence-electron chi connectivity index (χ1n) is 9.63. The van der Waals surface area contributed by atoms with Crippen LogP contribution in [0.4, 0.5) is 4.39 Å².